The Morgan fingerprint density at radius 1 is 0.962 bits per heavy atom. The van der Waals surface area contributed by atoms with E-state index in [0.29, 0.717) is 23.9 Å². The average molecular weight is 360 g/mol. The molecular formula is C20H24O6. The molecule has 0 unspecified atom stereocenters. The van der Waals surface area contributed by atoms with Gasteiger partial charge in [0.1, 0.15) is 18.0 Å². The number of hydrogen-bond acceptors (Lipinski definition) is 6. The summed E-state index contributed by atoms with van der Waals surface area (Å²) in [6.07, 6.45) is -2.00. The summed E-state index contributed by atoms with van der Waals surface area (Å²) in [6.45, 7) is 2.36. The Morgan fingerprint density at radius 2 is 1.69 bits per heavy atom. The van der Waals surface area contributed by atoms with E-state index in [0.717, 1.165) is 16.9 Å². The van der Waals surface area contributed by atoms with Gasteiger partial charge in [-0.05, 0) is 36.8 Å². The fourth-order valence-corrected chi connectivity index (χ4v) is 3.23. The molecule has 2 aromatic carbocycles. The summed E-state index contributed by atoms with van der Waals surface area (Å²) in [4.78, 5) is 0. The molecule has 0 bridgehead atoms. The van der Waals surface area contributed by atoms with Gasteiger partial charge < -0.3 is 28.8 Å². The predicted octanol–water partition coefficient (Wildman–Crippen LogP) is 3.28. The van der Waals surface area contributed by atoms with Crippen LogP contribution in [0.15, 0.2) is 36.4 Å². The van der Waals surface area contributed by atoms with E-state index >= 15 is 0 Å². The number of benzene rings is 2. The van der Waals surface area contributed by atoms with Gasteiger partial charge in [-0.15, -0.1) is 0 Å². The maximum atomic E-state index is 10.9. The molecule has 0 saturated heterocycles. The van der Waals surface area contributed by atoms with Gasteiger partial charge in [-0.3, -0.25) is 0 Å². The van der Waals surface area contributed by atoms with E-state index in [1.807, 2.05) is 37.3 Å². The van der Waals surface area contributed by atoms with Crippen LogP contribution in [0.3, 0.4) is 0 Å². The number of rotatable bonds is 6. The van der Waals surface area contributed by atoms with Crippen molar-refractivity contribution >= 4 is 0 Å². The highest BCUT2D eigenvalue weighted by atomic mass is 16.6. The van der Waals surface area contributed by atoms with Crippen molar-refractivity contribution in [2.24, 2.45) is 0 Å². The van der Waals surface area contributed by atoms with Crippen LogP contribution in [-0.2, 0) is 4.74 Å². The molecule has 1 N–H and O–H groups in total. The van der Waals surface area contributed by atoms with E-state index in [-0.39, 0.29) is 0 Å². The van der Waals surface area contributed by atoms with Crippen LogP contribution in [0.5, 0.6) is 23.0 Å². The van der Waals surface area contributed by atoms with Crippen LogP contribution in [0.1, 0.15) is 30.3 Å². The summed E-state index contributed by atoms with van der Waals surface area (Å²) in [5.74, 6) is 2.31. The molecule has 3 rings (SSSR count). The van der Waals surface area contributed by atoms with Gasteiger partial charge in [0.05, 0.1) is 21.3 Å². The molecule has 0 aromatic heterocycles. The summed E-state index contributed by atoms with van der Waals surface area (Å²) in [5.41, 5.74) is 1.56. The van der Waals surface area contributed by atoms with Crippen molar-refractivity contribution < 1.29 is 28.8 Å². The van der Waals surface area contributed by atoms with Crippen molar-refractivity contribution in [1.29, 1.82) is 0 Å². The predicted molar refractivity (Wildman–Crippen MR) is 96.3 cm³/mol. The van der Waals surface area contributed by atoms with Crippen LogP contribution in [0, 0.1) is 0 Å². The van der Waals surface area contributed by atoms with Crippen LogP contribution in [-0.4, -0.2) is 39.1 Å². The van der Waals surface area contributed by atoms with Crippen LogP contribution >= 0.6 is 0 Å². The Morgan fingerprint density at radius 3 is 2.27 bits per heavy atom. The van der Waals surface area contributed by atoms with Crippen molar-refractivity contribution in [2.45, 2.75) is 25.2 Å². The van der Waals surface area contributed by atoms with Gasteiger partial charge in [0.25, 0.3) is 0 Å². The minimum absolute atomic E-state index is 0.463. The third-order valence-corrected chi connectivity index (χ3v) is 4.49. The molecule has 1 aliphatic rings. The zero-order chi connectivity index (χ0) is 18.7. The Hall–Kier alpha value is -2.44. The molecule has 0 saturated carbocycles. The fourth-order valence-electron chi connectivity index (χ4n) is 3.23. The number of hydrogen-bond donors (Lipinski definition) is 1. The van der Waals surface area contributed by atoms with Crippen molar-refractivity contribution in [3.63, 3.8) is 0 Å². The van der Waals surface area contributed by atoms with Gasteiger partial charge in [0, 0.05) is 12.2 Å². The number of ether oxygens (including phenoxy) is 5. The molecular weight excluding hydrogens is 336 g/mol. The van der Waals surface area contributed by atoms with Gasteiger partial charge in [0.15, 0.2) is 17.6 Å². The van der Waals surface area contributed by atoms with Gasteiger partial charge in [-0.1, -0.05) is 12.1 Å². The van der Waals surface area contributed by atoms with E-state index < -0.39 is 18.3 Å². The second-order valence-corrected chi connectivity index (χ2v) is 5.90. The average Bonchev–Trinajstić information content (AvgIpc) is 2.69. The molecule has 1 heterocycles. The molecule has 6 heteroatoms. The SMILES string of the molecule is CCO[C@@H]1c2ccc(OC)c(OC)c2O[C@@H](c2ccc(OC)cc2)[C@@H]1O. The van der Waals surface area contributed by atoms with Crippen LogP contribution in [0.25, 0.3) is 0 Å². The second-order valence-electron chi connectivity index (χ2n) is 5.90. The van der Waals surface area contributed by atoms with Gasteiger partial charge in [-0.25, -0.2) is 0 Å². The third-order valence-electron chi connectivity index (χ3n) is 4.49. The van der Waals surface area contributed by atoms with E-state index in [2.05, 4.69) is 0 Å². The summed E-state index contributed by atoms with van der Waals surface area (Å²) in [6, 6.07) is 11.0. The fraction of sp³-hybridized carbons (Fsp3) is 0.400. The molecule has 0 spiro atoms. The number of fused-ring (bicyclic) bond motifs is 1. The normalized spacial score (nSPS) is 21.5. The second kappa shape index (κ2) is 7.85. The lowest BCUT2D eigenvalue weighted by Crippen LogP contribution is -2.36. The van der Waals surface area contributed by atoms with E-state index in [9.17, 15) is 5.11 Å². The highest BCUT2D eigenvalue weighted by Crippen LogP contribution is 2.50. The lowest BCUT2D eigenvalue weighted by atomic mass is 9.91. The first-order valence-corrected chi connectivity index (χ1v) is 8.49. The van der Waals surface area contributed by atoms with Crippen LogP contribution in [0.4, 0.5) is 0 Å². The topological polar surface area (TPSA) is 66.4 Å². The zero-order valence-corrected chi connectivity index (χ0v) is 15.4. The number of methoxy groups -OCH3 is 3. The van der Waals surface area contributed by atoms with E-state index in [1.54, 1.807) is 27.4 Å². The molecule has 140 valence electrons. The molecule has 3 atom stereocenters. The first-order valence-electron chi connectivity index (χ1n) is 8.49. The van der Waals surface area contributed by atoms with Gasteiger partial charge in [0.2, 0.25) is 5.75 Å². The minimum Gasteiger partial charge on any atom is -0.497 e. The minimum atomic E-state index is -0.867. The molecule has 2 aromatic rings. The van der Waals surface area contributed by atoms with Gasteiger partial charge >= 0.3 is 0 Å². The standard InChI is InChI=1S/C20H24O6/c1-5-25-18-14-10-11-15(23-3)20(24-4)19(14)26-17(16(18)21)12-6-8-13(22-2)9-7-12/h6-11,16-18,21H,5H2,1-4H3/t16-,17-,18+/m0/s1. The lowest BCUT2D eigenvalue weighted by molar-refractivity contribution is -0.0998. The van der Waals surface area contributed by atoms with Crippen molar-refractivity contribution in [2.75, 3.05) is 27.9 Å². The molecule has 26 heavy (non-hydrogen) atoms. The van der Waals surface area contributed by atoms with E-state index in [1.165, 1.54) is 0 Å². The first kappa shape index (κ1) is 18.4. The monoisotopic (exact) mass is 360 g/mol. The highest BCUT2D eigenvalue weighted by molar-refractivity contribution is 5.58. The summed E-state index contributed by atoms with van der Waals surface area (Å²) < 4.78 is 28.1. The van der Waals surface area contributed by atoms with Crippen molar-refractivity contribution in [3.05, 3.63) is 47.5 Å². The Labute approximate surface area is 153 Å². The Balaban J connectivity index is 2.07. The molecule has 1 aliphatic heterocycles. The first-order chi connectivity index (χ1) is 12.6. The molecule has 0 radical (unpaired) electrons. The Bertz CT molecular complexity index is 743. The van der Waals surface area contributed by atoms with Gasteiger partial charge in [-0.2, -0.15) is 0 Å². The summed E-state index contributed by atoms with van der Waals surface area (Å²) in [5, 5.41) is 10.9. The molecule has 0 amide bonds. The summed E-state index contributed by atoms with van der Waals surface area (Å²) in [7, 11) is 4.74. The quantitative estimate of drug-likeness (QED) is 0.853. The summed E-state index contributed by atoms with van der Waals surface area (Å²) >= 11 is 0. The molecule has 6 nitrogen and oxygen atoms in total. The number of aliphatic hydroxyl groups excluding tert-OH is 1. The molecule has 0 aliphatic carbocycles. The Kier molecular flexibility index (Phi) is 5.54. The van der Waals surface area contributed by atoms with Crippen molar-refractivity contribution in [1.82, 2.24) is 0 Å². The van der Waals surface area contributed by atoms with Crippen LogP contribution in [0.2, 0.25) is 0 Å². The molecule has 0 fully saturated rings. The van der Waals surface area contributed by atoms with Crippen molar-refractivity contribution in [3.8, 4) is 23.0 Å². The van der Waals surface area contributed by atoms with Crippen LogP contribution < -0.4 is 18.9 Å². The largest absolute Gasteiger partial charge is 0.497 e. The smallest absolute Gasteiger partial charge is 0.203 e. The highest BCUT2D eigenvalue weighted by Gasteiger charge is 2.41. The maximum absolute atomic E-state index is 10.9. The zero-order valence-electron chi connectivity index (χ0n) is 15.4. The number of aliphatic hydroxyl groups is 1. The van der Waals surface area contributed by atoms with E-state index in [4.69, 9.17) is 23.7 Å². The third kappa shape index (κ3) is 3.18. The maximum Gasteiger partial charge on any atom is 0.203 e. The lowest BCUT2D eigenvalue weighted by Gasteiger charge is -2.37.